The van der Waals surface area contributed by atoms with Crippen LogP contribution in [0, 0.1) is 6.92 Å². The van der Waals surface area contributed by atoms with Gasteiger partial charge in [-0.15, -0.1) is 0 Å². The molecule has 0 bridgehead atoms. The van der Waals surface area contributed by atoms with Crippen molar-refractivity contribution >= 4 is 17.5 Å². The SMILES string of the molecule is Cc1ccn2cc(C(=O)NCC(N)=O)nc2c1. The maximum absolute atomic E-state index is 11.6. The highest BCUT2D eigenvalue weighted by Crippen LogP contribution is 2.07. The van der Waals surface area contributed by atoms with Crippen LogP contribution in [-0.4, -0.2) is 27.7 Å². The zero-order chi connectivity index (χ0) is 12.4. The zero-order valence-corrected chi connectivity index (χ0v) is 9.30. The highest BCUT2D eigenvalue weighted by molar-refractivity contribution is 5.95. The number of nitrogens with zero attached hydrogens (tertiary/aromatic N) is 2. The molecule has 3 N–H and O–H groups in total. The van der Waals surface area contributed by atoms with Crippen molar-refractivity contribution in [2.75, 3.05) is 6.54 Å². The topological polar surface area (TPSA) is 89.5 Å². The Balaban J connectivity index is 2.24. The van der Waals surface area contributed by atoms with E-state index in [-0.39, 0.29) is 12.2 Å². The van der Waals surface area contributed by atoms with Gasteiger partial charge < -0.3 is 15.5 Å². The highest BCUT2D eigenvalue weighted by atomic mass is 16.2. The van der Waals surface area contributed by atoms with Gasteiger partial charge in [0.05, 0.1) is 6.54 Å². The number of carbonyl (C=O) groups is 2. The second kappa shape index (κ2) is 4.25. The molecule has 0 atom stereocenters. The van der Waals surface area contributed by atoms with Crippen LogP contribution in [0.15, 0.2) is 24.5 Å². The van der Waals surface area contributed by atoms with Crippen molar-refractivity contribution in [1.82, 2.24) is 14.7 Å². The summed E-state index contributed by atoms with van der Waals surface area (Å²) < 4.78 is 1.74. The molecular formula is C11H12N4O2. The molecule has 2 aromatic heterocycles. The van der Waals surface area contributed by atoms with E-state index in [0.29, 0.717) is 5.65 Å². The van der Waals surface area contributed by atoms with Crippen molar-refractivity contribution < 1.29 is 9.59 Å². The second-order valence-corrected chi connectivity index (χ2v) is 3.74. The zero-order valence-electron chi connectivity index (χ0n) is 9.30. The highest BCUT2D eigenvalue weighted by Gasteiger charge is 2.10. The Kier molecular flexibility index (Phi) is 2.78. The van der Waals surface area contributed by atoms with Crippen LogP contribution < -0.4 is 11.1 Å². The van der Waals surface area contributed by atoms with Gasteiger partial charge in [-0.05, 0) is 24.6 Å². The normalized spacial score (nSPS) is 10.4. The van der Waals surface area contributed by atoms with Crippen molar-refractivity contribution in [3.63, 3.8) is 0 Å². The van der Waals surface area contributed by atoms with Crippen molar-refractivity contribution in [3.8, 4) is 0 Å². The molecule has 2 aromatic rings. The number of nitrogens with one attached hydrogen (secondary N) is 1. The maximum Gasteiger partial charge on any atom is 0.271 e. The quantitative estimate of drug-likeness (QED) is 0.771. The molecule has 2 heterocycles. The van der Waals surface area contributed by atoms with E-state index in [2.05, 4.69) is 10.3 Å². The largest absolute Gasteiger partial charge is 0.368 e. The molecule has 0 saturated carbocycles. The summed E-state index contributed by atoms with van der Waals surface area (Å²) >= 11 is 0. The standard InChI is InChI=1S/C11H12N4O2/c1-7-2-3-15-6-8(14-10(15)4-7)11(17)13-5-9(12)16/h2-4,6H,5H2,1H3,(H2,12,16)(H,13,17). The van der Waals surface area contributed by atoms with E-state index in [9.17, 15) is 9.59 Å². The molecule has 0 aliphatic rings. The lowest BCUT2D eigenvalue weighted by Crippen LogP contribution is -2.33. The van der Waals surface area contributed by atoms with E-state index in [0.717, 1.165) is 5.56 Å². The minimum atomic E-state index is -0.585. The van der Waals surface area contributed by atoms with Crippen molar-refractivity contribution in [1.29, 1.82) is 0 Å². The Morgan fingerprint density at radius 3 is 3.00 bits per heavy atom. The first-order valence-electron chi connectivity index (χ1n) is 5.08. The van der Waals surface area contributed by atoms with E-state index in [1.807, 2.05) is 25.3 Å². The average molecular weight is 232 g/mol. The predicted molar refractivity (Wildman–Crippen MR) is 61.5 cm³/mol. The van der Waals surface area contributed by atoms with Gasteiger partial charge >= 0.3 is 0 Å². The van der Waals surface area contributed by atoms with Crippen LogP contribution in [0.2, 0.25) is 0 Å². The number of aryl methyl sites for hydroxylation is 1. The molecule has 0 radical (unpaired) electrons. The molecule has 0 unspecified atom stereocenters. The van der Waals surface area contributed by atoms with Gasteiger partial charge in [0.2, 0.25) is 5.91 Å². The molecule has 0 aliphatic heterocycles. The molecule has 0 aliphatic carbocycles. The number of nitrogens with two attached hydrogens (primary N) is 1. The number of imidazole rings is 1. The Morgan fingerprint density at radius 1 is 1.53 bits per heavy atom. The fourth-order valence-electron chi connectivity index (χ4n) is 1.45. The minimum Gasteiger partial charge on any atom is -0.368 e. The van der Waals surface area contributed by atoms with Crippen LogP contribution in [0.1, 0.15) is 16.1 Å². The van der Waals surface area contributed by atoms with Crippen LogP contribution >= 0.6 is 0 Å². The van der Waals surface area contributed by atoms with E-state index in [1.54, 1.807) is 10.6 Å². The van der Waals surface area contributed by atoms with Crippen LogP contribution in [0.4, 0.5) is 0 Å². The van der Waals surface area contributed by atoms with Gasteiger partial charge in [-0.3, -0.25) is 9.59 Å². The average Bonchev–Trinajstić information content (AvgIpc) is 2.68. The van der Waals surface area contributed by atoms with Gasteiger partial charge in [0.1, 0.15) is 11.3 Å². The molecule has 0 fully saturated rings. The number of fused-ring (bicyclic) bond motifs is 1. The van der Waals surface area contributed by atoms with Crippen LogP contribution in [0.25, 0.3) is 5.65 Å². The van der Waals surface area contributed by atoms with Gasteiger partial charge in [0.25, 0.3) is 5.91 Å². The summed E-state index contributed by atoms with van der Waals surface area (Å²) in [6.45, 7) is 1.76. The van der Waals surface area contributed by atoms with Gasteiger partial charge in [0.15, 0.2) is 0 Å². The lowest BCUT2D eigenvalue weighted by molar-refractivity contribution is -0.117. The molecule has 17 heavy (non-hydrogen) atoms. The van der Waals surface area contributed by atoms with Gasteiger partial charge in [-0.25, -0.2) is 4.98 Å². The fourth-order valence-corrected chi connectivity index (χ4v) is 1.45. The lowest BCUT2D eigenvalue weighted by atomic mass is 10.3. The summed E-state index contributed by atoms with van der Waals surface area (Å²) in [5.74, 6) is -0.997. The van der Waals surface area contributed by atoms with Crippen molar-refractivity contribution in [2.45, 2.75) is 6.92 Å². The summed E-state index contributed by atoms with van der Waals surface area (Å²) in [5, 5.41) is 2.38. The van der Waals surface area contributed by atoms with Gasteiger partial charge in [-0.2, -0.15) is 0 Å². The third kappa shape index (κ3) is 2.41. The summed E-state index contributed by atoms with van der Waals surface area (Å²) in [7, 11) is 0. The summed E-state index contributed by atoms with van der Waals surface area (Å²) in [6.07, 6.45) is 3.42. The first-order valence-corrected chi connectivity index (χ1v) is 5.08. The monoisotopic (exact) mass is 232 g/mol. The molecule has 6 heteroatoms. The Hall–Kier alpha value is -2.37. The first kappa shape index (κ1) is 11.1. The first-order chi connectivity index (χ1) is 8.06. The molecule has 0 spiro atoms. The summed E-state index contributed by atoms with van der Waals surface area (Å²) in [4.78, 5) is 26.3. The molecule has 6 nitrogen and oxygen atoms in total. The number of hydrogen-bond donors (Lipinski definition) is 2. The summed E-state index contributed by atoms with van der Waals surface area (Å²) in [5.41, 5.74) is 6.95. The third-order valence-electron chi connectivity index (χ3n) is 2.27. The lowest BCUT2D eigenvalue weighted by Gasteiger charge is -1.97. The van der Waals surface area contributed by atoms with Crippen LogP contribution in [-0.2, 0) is 4.79 Å². The molecule has 2 amide bonds. The van der Waals surface area contributed by atoms with Crippen LogP contribution in [0.3, 0.4) is 0 Å². The number of rotatable bonds is 3. The molecule has 88 valence electrons. The number of hydrogen-bond acceptors (Lipinski definition) is 3. The number of pyridine rings is 1. The van der Waals surface area contributed by atoms with Gasteiger partial charge in [-0.1, -0.05) is 0 Å². The number of amides is 2. The smallest absolute Gasteiger partial charge is 0.271 e. The minimum absolute atomic E-state index is 0.189. The Labute approximate surface area is 97.4 Å². The summed E-state index contributed by atoms with van der Waals surface area (Å²) in [6, 6.07) is 3.78. The van der Waals surface area contributed by atoms with Crippen LogP contribution in [0.5, 0.6) is 0 Å². The number of carbonyl (C=O) groups excluding carboxylic acids is 2. The Bertz CT molecular complexity index is 588. The van der Waals surface area contributed by atoms with Crippen molar-refractivity contribution in [2.24, 2.45) is 5.73 Å². The molecular weight excluding hydrogens is 220 g/mol. The van der Waals surface area contributed by atoms with Gasteiger partial charge in [0, 0.05) is 12.4 Å². The number of aromatic nitrogens is 2. The van der Waals surface area contributed by atoms with E-state index < -0.39 is 11.8 Å². The van der Waals surface area contributed by atoms with E-state index >= 15 is 0 Å². The van der Waals surface area contributed by atoms with E-state index in [1.165, 1.54) is 0 Å². The Morgan fingerprint density at radius 2 is 2.29 bits per heavy atom. The molecule has 0 saturated heterocycles. The predicted octanol–water partition coefficient (Wildman–Crippen LogP) is -0.142. The fraction of sp³-hybridized carbons (Fsp3) is 0.182. The van der Waals surface area contributed by atoms with E-state index in [4.69, 9.17) is 5.73 Å². The second-order valence-electron chi connectivity index (χ2n) is 3.74. The number of primary amides is 1. The molecule has 0 aromatic carbocycles. The maximum atomic E-state index is 11.6. The van der Waals surface area contributed by atoms with Crippen molar-refractivity contribution in [3.05, 3.63) is 35.8 Å². The third-order valence-corrected chi connectivity index (χ3v) is 2.27. The molecule has 2 rings (SSSR count).